The summed E-state index contributed by atoms with van der Waals surface area (Å²) >= 11 is 1.48. The molecule has 2 aromatic heterocycles. The lowest BCUT2D eigenvalue weighted by atomic mass is 9.98. The van der Waals surface area contributed by atoms with Crippen LogP contribution in [-0.2, 0) is 10.5 Å². The lowest BCUT2D eigenvalue weighted by molar-refractivity contribution is -0.0289. The van der Waals surface area contributed by atoms with Gasteiger partial charge in [-0.1, -0.05) is 42.5 Å². The van der Waals surface area contributed by atoms with E-state index in [9.17, 15) is 20.1 Å². The van der Waals surface area contributed by atoms with Gasteiger partial charge < -0.3 is 25.8 Å². The molecule has 180 valence electrons. The summed E-state index contributed by atoms with van der Waals surface area (Å²) < 4.78 is 7.50. The Kier molecular flexibility index (Phi) is 6.39. The number of thioether (sulfide) groups is 1. The molecule has 5 N–H and O–H groups in total. The number of hydrogen-bond donors (Lipinski definition) is 4. The van der Waals surface area contributed by atoms with Crippen molar-refractivity contribution in [2.45, 2.75) is 30.3 Å². The molecule has 1 fully saturated rings. The van der Waals surface area contributed by atoms with Crippen LogP contribution in [0.15, 0.2) is 61.2 Å². The average Bonchev–Trinajstić information content (AvgIpc) is 3.42. The van der Waals surface area contributed by atoms with Crippen LogP contribution in [0, 0.1) is 0 Å². The smallest absolute Gasteiger partial charge is 0.336 e. The molecule has 5 rings (SSSR count). The van der Waals surface area contributed by atoms with Crippen LogP contribution in [0.2, 0.25) is 0 Å². The number of nitrogens with zero attached hydrogens (tertiary/aromatic N) is 4. The summed E-state index contributed by atoms with van der Waals surface area (Å²) in [6, 6.07) is 14.8. The summed E-state index contributed by atoms with van der Waals surface area (Å²) in [4.78, 5) is 24.1. The summed E-state index contributed by atoms with van der Waals surface area (Å²) in [6.07, 6.45) is -1.06. The minimum absolute atomic E-state index is 0.216. The van der Waals surface area contributed by atoms with Crippen molar-refractivity contribution in [1.29, 1.82) is 0 Å². The maximum Gasteiger partial charge on any atom is 0.336 e. The third-order valence-corrected chi connectivity index (χ3v) is 7.05. The first kappa shape index (κ1) is 23.2. The Balaban J connectivity index is 1.27. The fourth-order valence-electron chi connectivity index (χ4n) is 4.17. The molecule has 0 spiro atoms. The van der Waals surface area contributed by atoms with E-state index in [0.717, 1.165) is 11.1 Å². The summed E-state index contributed by atoms with van der Waals surface area (Å²) in [5.74, 6) is 0.128. The van der Waals surface area contributed by atoms with E-state index in [2.05, 4.69) is 15.0 Å². The number of rotatable bonds is 7. The second kappa shape index (κ2) is 9.62. The highest BCUT2D eigenvalue weighted by atomic mass is 32.2. The lowest BCUT2D eigenvalue weighted by Gasteiger charge is -2.16. The first-order chi connectivity index (χ1) is 16.9. The number of nitrogen functional groups attached to an aromatic ring is 1. The Morgan fingerprint density at radius 3 is 2.66 bits per heavy atom. The molecular weight excluding hydrogens is 470 g/mol. The Hall–Kier alpha value is -3.51. The molecule has 35 heavy (non-hydrogen) atoms. The van der Waals surface area contributed by atoms with Crippen LogP contribution in [0.1, 0.15) is 22.1 Å². The van der Waals surface area contributed by atoms with Crippen molar-refractivity contribution >= 4 is 34.7 Å². The molecule has 4 aromatic rings. The van der Waals surface area contributed by atoms with Gasteiger partial charge in [0, 0.05) is 11.5 Å². The van der Waals surface area contributed by atoms with E-state index in [-0.39, 0.29) is 11.4 Å². The Morgan fingerprint density at radius 2 is 1.89 bits per heavy atom. The van der Waals surface area contributed by atoms with Crippen LogP contribution in [0.5, 0.6) is 0 Å². The van der Waals surface area contributed by atoms with Gasteiger partial charge in [0.05, 0.1) is 18.0 Å². The summed E-state index contributed by atoms with van der Waals surface area (Å²) in [7, 11) is 0. The van der Waals surface area contributed by atoms with Crippen LogP contribution in [0.25, 0.3) is 22.3 Å². The predicted molar refractivity (Wildman–Crippen MR) is 131 cm³/mol. The maximum atomic E-state index is 11.9. The Bertz CT molecular complexity index is 1370. The molecule has 1 saturated heterocycles. The monoisotopic (exact) mass is 493 g/mol. The van der Waals surface area contributed by atoms with Crippen LogP contribution in [0.3, 0.4) is 0 Å². The van der Waals surface area contributed by atoms with Gasteiger partial charge in [-0.25, -0.2) is 19.7 Å². The molecule has 1 aliphatic rings. The molecule has 0 aliphatic carbocycles. The van der Waals surface area contributed by atoms with Crippen LogP contribution >= 0.6 is 11.8 Å². The number of benzene rings is 2. The highest BCUT2D eigenvalue weighted by molar-refractivity contribution is 7.98. The number of aromatic nitrogens is 4. The molecular formula is C24H23N5O5S. The number of nitrogens with two attached hydrogens (primary N) is 1. The predicted octanol–water partition coefficient (Wildman–Crippen LogP) is 2.33. The third-order valence-electron chi connectivity index (χ3n) is 5.95. The third kappa shape index (κ3) is 4.46. The van der Waals surface area contributed by atoms with Crippen molar-refractivity contribution in [3.05, 3.63) is 72.3 Å². The van der Waals surface area contributed by atoms with Gasteiger partial charge in [0.2, 0.25) is 0 Å². The van der Waals surface area contributed by atoms with Crippen molar-refractivity contribution in [2.24, 2.45) is 0 Å². The number of aromatic carboxylic acids is 1. The Morgan fingerprint density at radius 1 is 1.09 bits per heavy atom. The maximum absolute atomic E-state index is 11.9. The van der Waals surface area contributed by atoms with Crippen molar-refractivity contribution in [3.63, 3.8) is 0 Å². The van der Waals surface area contributed by atoms with Crippen LogP contribution in [-0.4, -0.2) is 64.9 Å². The molecule has 0 radical (unpaired) electrons. The number of carboxylic acid groups (broad SMARTS) is 1. The van der Waals surface area contributed by atoms with E-state index < -0.39 is 30.5 Å². The van der Waals surface area contributed by atoms with Gasteiger partial charge in [-0.05, 0) is 22.8 Å². The SMILES string of the molecule is Nc1ncnc2c1ncn2[C@@H]1O[C@H](CSCc2ccc(-c3ccccc3)c(C(=O)O)c2)[C@@H](O)[C@H]1O. The summed E-state index contributed by atoms with van der Waals surface area (Å²) in [6.45, 7) is 0. The number of hydrogen-bond acceptors (Lipinski definition) is 9. The van der Waals surface area contributed by atoms with Gasteiger partial charge in [-0.2, -0.15) is 11.8 Å². The zero-order valence-corrected chi connectivity index (χ0v) is 19.2. The number of anilines is 1. The van der Waals surface area contributed by atoms with Gasteiger partial charge in [-0.3, -0.25) is 4.57 Å². The zero-order valence-electron chi connectivity index (χ0n) is 18.4. The van der Waals surface area contributed by atoms with Crippen LogP contribution < -0.4 is 5.73 Å². The fourth-order valence-corrected chi connectivity index (χ4v) is 5.21. The van der Waals surface area contributed by atoms with E-state index in [1.54, 1.807) is 6.07 Å². The fraction of sp³-hybridized carbons (Fsp3) is 0.250. The molecule has 0 amide bonds. The molecule has 1 aliphatic heterocycles. The van der Waals surface area contributed by atoms with E-state index >= 15 is 0 Å². The highest BCUT2D eigenvalue weighted by Gasteiger charge is 2.44. The zero-order chi connectivity index (χ0) is 24.5. The summed E-state index contributed by atoms with van der Waals surface area (Å²) in [5.41, 5.74) is 9.19. The largest absolute Gasteiger partial charge is 0.478 e. The lowest BCUT2D eigenvalue weighted by Crippen LogP contribution is -2.32. The van der Waals surface area contributed by atoms with E-state index in [1.807, 2.05) is 42.5 Å². The highest BCUT2D eigenvalue weighted by Crippen LogP contribution is 2.34. The van der Waals surface area contributed by atoms with Gasteiger partial charge in [0.1, 0.15) is 24.1 Å². The molecule has 0 saturated carbocycles. The minimum atomic E-state index is -1.18. The van der Waals surface area contributed by atoms with Gasteiger partial charge in [0.25, 0.3) is 0 Å². The van der Waals surface area contributed by atoms with E-state index in [1.165, 1.54) is 29.0 Å². The van der Waals surface area contributed by atoms with Crippen molar-refractivity contribution < 1.29 is 24.9 Å². The van der Waals surface area contributed by atoms with Gasteiger partial charge >= 0.3 is 5.97 Å². The van der Waals surface area contributed by atoms with Crippen LogP contribution in [0.4, 0.5) is 5.82 Å². The van der Waals surface area contributed by atoms with Crippen molar-refractivity contribution in [1.82, 2.24) is 19.5 Å². The van der Waals surface area contributed by atoms with E-state index in [4.69, 9.17) is 10.5 Å². The van der Waals surface area contributed by atoms with Gasteiger partial charge in [-0.15, -0.1) is 0 Å². The molecule has 2 aromatic carbocycles. The minimum Gasteiger partial charge on any atom is -0.478 e. The van der Waals surface area contributed by atoms with Crippen molar-refractivity contribution in [3.8, 4) is 11.1 Å². The second-order valence-electron chi connectivity index (χ2n) is 8.20. The number of ether oxygens (including phenoxy) is 1. The average molecular weight is 494 g/mol. The Labute approximate surface area is 204 Å². The van der Waals surface area contributed by atoms with Crippen molar-refractivity contribution in [2.75, 3.05) is 11.5 Å². The first-order valence-electron chi connectivity index (χ1n) is 10.9. The first-order valence-corrected chi connectivity index (χ1v) is 12.0. The normalized spacial score (nSPS) is 22.0. The number of carboxylic acids is 1. The topological polar surface area (TPSA) is 157 Å². The number of carbonyl (C=O) groups is 1. The standard InChI is InChI=1S/C24H23N5O5S/c25-21-18-22(27-11-26-21)29(12-28-18)23-20(31)19(30)17(34-23)10-35-9-13-6-7-15(16(8-13)24(32)33)14-4-2-1-3-5-14/h1-8,11-12,17,19-20,23,30-31H,9-10H2,(H,32,33)(H2,25,26,27)/t17-,19-,20-,23-/m1/s1. The molecule has 4 atom stereocenters. The molecule has 0 bridgehead atoms. The molecule has 3 heterocycles. The number of fused-ring (bicyclic) bond motifs is 1. The van der Waals surface area contributed by atoms with E-state index in [0.29, 0.717) is 28.2 Å². The second-order valence-corrected chi connectivity index (χ2v) is 9.23. The number of aliphatic hydroxyl groups excluding tert-OH is 2. The van der Waals surface area contributed by atoms with Gasteiger partial charge in [0.15, 0.2) is 17.7 Å². The quantitative estimate of drug-likeness (QED) is 0.301. The molecule has 10 nitrogen and oxygen atoms in total. The number of aliphatic hydroxyl groups is 2. The summed E-state index contributed by atoms with van der Waals surface area (Å²) in [5, 5.41) is 30.9. The molecule has 11 heteroatoms. The number of imidazole rings is 1. The molecule has 0 unspecified atom stereocenters.